The molecule has 5 heterocycles. The van der Waals surface area contributed by atoms with Crippen LogP contribution in [-0.2, 0) is 20.0 Å². The lowest BCUT2D eigenvalue weighted by atomic mass is 9.98. The van der Waals surface area contributed by atoms with Crippen LogP contribution in [-0.4, -0.2) is 54.0 Å². The van der Waals surface area contributed by atoms with Crippen molar-refractivity contribution in [2.75, 3.05) is 18.1 Å². The van der Waals surface area contributed by atoms with Crippen LogP contribution in [0.4, 0.5) is 5.69 Å². The number of benzene rings is 3. The Bertz CT molecular complexity index is 2910. The van der Waals surface area contributed by atoms with Crippen LogP contribution in [0.2, 0.25) is 10.0 Å². The molecule has 0 saturated carbocycles. The third kappa shape index (κ3) is 6.70. The number of amides is 1. The average molecular weight is 829 g/mol. The number of carboxylic acid groups (broad SMARTS) is 1. The molecule has 1 amide bonds. The molecule has 0 saturated heterocycles. The fraction of sp³-hybridized carbons (Fsp3) is 0.283. The topological polar surface area (TPSA) is 131 Å². The number of ether oxygens (including phenoxy) is 1. The molecule has 1 aliphatic rings. The molecular formula is C46H43Cl2N7O4. The highest BCUT2D eigenvalue weighted by Crippen LogP contribution is 2.46. The van der Waals surface area contributed by atoms with E-state index in [0.29, 0.717) is 63.0 Å². The predicted molar refractivity (Wildman–Crippen MR) is 231 cm³/mol. The van der Waals surface area contributed by atoms with Gasteiger partial charge in [-0.2, -0.15) is 10.4 Å². The summed E-state index contributed by atoms with van der Waals surface area (Å²) < 4.78 is 11.9. The van der Waals surface area contributed by atoms with Crippen LogP contribution in [0.25, 0.3) is 32.9 Å². The third-order valence-corrected chi connectivity index (χ3v) is 12.4. The summed E-state index contributed by atoms with van der Waals surface area (Å²) in [6, 6.07) is 18.6. The summed E-state index contributed by atoms with van der Waals surface area (Å²) in [6.07, 6.45) is 2.63. The number of carbonyl (C=O) groups excluding carboxylic acids is 1. The van der Waals surface area contributed by atoms with Crippen LogP contribution in [0.3, 0.4) is 0 Å². The molecule has 0 radical (unpaired) electrons. The third-order valence-electron chi connectivity index (χ3n) is 11.5. The summed E-state index contributed by atoms with van der Waals surface area (Å²) in [6.45, 7) is 12.5. The van der Waals surface area contributed by atoms with Crippen molar-refractivity contribution in [1.82, 2.24) is 23.9 Å². The maximum atomic E-state index is 15.5. The Morgan fingerprint density at radius 3 is 2.42 bits per heavy atom. The molecule has 1 aliphatic heterocycles. The quantitative estimate of drug-likeness (QED) is 0.136. The van der Waals surface area contributed by atoms with E-state index in [1.54, 1.807) is 27.8 Å². The molecule has 1 N–H and O–H groups in total. The van der Waals surface area contributed by atoms with Gasteiger partial charge in [-0.25, -0.2) is 4.79 Å². The second-order valence-corrected chi connectivity index (χ2v) is 16.3. The molecule has 3 aromatic carbocycles. The standard InChI is InChI=1S/C46H43Cl2N7O4/c1-24-10-13-37-35(17-24)42(44(46(57)58)53(37)23-31-20-30(21-49)14-15-50-31)54-22-27(4)55-41-34(11-12-36(47)39(41)38-28(5)51-52(7)29(38)6)33(43(55)45(54)56)9-8-16-59-32-18-25(2)40(48)26(3)19-32/h10-15,17-20,27H,8-9,16,22-23H2,1-7H3,(H,57,58)/t27-/m1/s1. The number of carboxylic acids is 1. The zero-order valence-electron chi connectivity index (χ0n) is 33.9. The smallest absolute Gasteiger partial charge is 0.354 e. The monoisotopic (exact) mass is 827 g/mol. The van der Waals surface area contributed by atoms with E-state index in [-0.39, 0.29) is 30.7 Å². The Kier molecular flexibility index (Phi) is 10.3. The maximum absolute atomic E-state index is 15.5. The first-order chi connectivity index (χ1) is 28.2. The molecule has 0 bridgehead atoms. The number of pyridine rings is 1. The van der Waals surface area contributed by atoms with Crippen molar-refractivity contribution in [3.05, 3.63) is 127 Å². The highest BCUT2D eigenvalue weighted by Gasteiger charge is 2.40. The van der Waals surface area contributed by atoms with Crippen molar-refractivity contribution in [1.29, 1.82) is 5.26 Å². The Labute approximate surface area is 352 Å². The highest BCUT2D eigenvalue weighted by atomic mass is 35.5. The summed E-state index contributed by atoms with van der Waals surface area (Å²) in [5.74, 6) is -0.768. The molecule has 0 spiro atoms. The van der Waals surface area contributed by atoms with Crippen LogP contribution < -0.4 is 9.64 Å². The van der Waals surface area contributed by atoms with E-state index in [4.69, 9.17) is 33.0 Å². The van der Waals surface area contributed by atoms with Crippen molar-refractivity contribution in [3.8, 4) is 22.9 Å². The van der Waals surface area contributed by atoms with Gasteiger partial charge in [0.15, 0.2) is 5.69 Å². The molecule has 4 aromatic heterocycles. The van der Waals surface area contributed by atoms with Gasteiger partial charge in [0.25, 0.3) is 5.91 Å². The van der Waals surface area contributed by atoms with Crippen LogP contribution in [0.15, 0.2) is 60.8 Å². The SMILES string of the molecule is Cc1ccc2c(c1)c(N1C[C@@H](C)n3c(c(CCCOc4cc(C)c(Cl)c(C)c4)c4ccc(Cl)c(-c5c(C)nn(C)c5C)c43)C1=O)c(C(=O)O)n2Cc1cc(C#N)ccn1. The lowest BCUT2D eigenvalue weighted by Gasteiger charge is -2.34. The molecular weight excluding hydrogens is 785 g/mol. The van der Waals surface area contributed by atoms with Crippen molar-refractivity contribution >= 4 is 62.6 Å². The zero-order chi connectivity index (χ0) is 42.0. The number of aromatic carboxylic acids is 1. The van der Waals surface area contributed by atoms with Crippen molar-refractivity contribution in [2.24, 2.45) is 7.05 Å². The molecule has 0 aliphatic carbocycles. The first-order valence-electron chi connectivity index (χ1n) is 19.5. The van der Waals surface area contributed by atoms with E-state index in [0.717, 1.165) is 61.4 Å². The van der Waals surface area contributed by atoms with E-state index in [9.17, 15) is 15.2 Å². The predicted octanol–water partition coefficient (Wildman–Crippen LogP) is 10.1. The number of aromatic nitrogens is 5. The lowest BCUT2D eigenvalue weighted by Crippen LogP contribution is -2.43. The minimum atomic E-state index is -1.18. The largest absolute Gasteiger partial charge is 0.494 e. The summed E-state index contributed by atoms with van der Waals surface area (Å²) in [4.78, 5) is 35.1. The molecule has 11 nitrogen and oxygen atoms in total. The fourth-order valence-electron chi connectivity index (χ4n) is 8.82. The Hall–Kier alpha value is -6.09. The van der Waals surface area contributed by atoms with Crippen molar-refractivity contribution in [3.63, 3.8) is 0 Å². The molecule has 8 rings (SSSR count). The molecule has 13 heteroatoms. The maximum Gasteiger partial charge on any atom is 0.354 e. The number of rotatable bonds is 10. The Morgan fingerprint density at radius 1 is 1.00 bits per heavy atom. The number of carbonyl (C=O) groups is 2. The second kappa shape index (κ2) is 15.3. The minimum Gasteiger partial charge on any atom is -0.494 e. The lowest BCUT2D eigenvalue weighted by molar-refractivity contribution is 0.0687. The first kappa shape index (κ1) is 39.7. The summed E-state index contributed by atoms with van der Waals surface area (Å²) >= 11 is 13.6. The summed E-state index contributed by atoms with van der Waals surface area (Å²) in [7, 11) is 1.90. The van der Waals surface area contributed by atoms with E-state index in [1.165, 1.54) is 0 Å². The average Bonchev–Trinajstić information content (AvgIpc) is 3.79. The van der Waals surface area contributed by atoms with Gasteiger partial charge in [-0.05, 0) is 114 Å². The Balaban J connectivity index is 1.31. The van der Waals surface area contributed by atoms with Gasteiger partial charge in [0, 0.05) is 58.4 Å². The van der Waals surface area contributed by atoms with Gasteiger partial charge >= 0.3 is 5.97 Å². The zero-order valence-corrected chi connectivity index (χ0v) is 35.5. The highest BCUT2D eigenvalue weighted by molar-refractivity contribution is 6.35. The van der Waals surface area contributed by atoms with Gasteiger partial charge in [0.05, 0.1) is 57.9 Å². The van der Waals surface area contributed by atoms with E-state index in [1.807, 2.05) is 88.8 Å². The van der Waals surface area contributed by atoms with Gasteiger partial charge in [-0.1, -0.05) is 40.9 Å². The minimum absolute atomic E-state index is 0.0336. The molecule has 300 valence electrons. The molecule has 1 atom stereocenters. The number of nitrogens with zero attached hydrogens (tertiary/aromatic N) is 7. The van der Waals surface area contributed by atoms with E-state index < -0.39 is 5.97 Å². The van der Waals surface area contributed by atoms with E-state index in [2.05, 4.69) is 22.5 Å². The van der Waals surface area contributed by atoms with Gasteiger partial charge < -0.3 is 23.9 Å². The number of anilines is 1. The second-order valence-electron chi connectivity index (χ2n) is 15.5. The fourth-order valence-corrected chi connectivity index (χ4v) is 9.18. The van der Waals surface area contributed by atoms with Gasteiger partial charge in [0.1, 0.15) is 11.4 Å². The normalized spacial score (nSPS) is 14.0. The van der Waals surface area contributed by atoms with Gasteiger partial charge in [0.2, 0.25) is 0 Å². The van der Waals surface area contributed by atoms with Crippen LogP contribution in [0, 0.1) is 45.9 Å². The van der Waals surface area contributed by atoms with Crippen molar-refractivity contribution in [2.45, 2.75) is 67.0 Å². The van der Waals surface area contributed by atoms with Crippen molar-refractivity contribution < 1.29 is 19.4 Å². The first-order valence-corrected chi connectivity index (χ1v) is 20.2. The number of aryl methyl sites for hydroxylation is 6. The van der Waals surface area contributed by atoms with Crippen LogP contribution in [0.1, 0.15) is 85.3 Å². The summed E-state index contributed by atoms with van der Waals surface area (Å²) in [5.41, 5.74) is 10.3. The molecule has 7 aromatic rings. The number of fused-ring (bicyclic) bond motifs is 4. The molecule has 0 unspecified atom stereocenters. The van der Waals surface area contributed by atoms with Crippen LogP contribution >= 0.6 is 23.2 Å². The number of halogens is 2. The number of hydrogen-bond acceptors (Lipinski definition) is 6. The Morgan fingerprint density at radius 2 is 1.75 bits per heavy atom. The van der Waals surface area contributed by atoms with Crippen LogP contribution in [0.5, 0.6) is 5.75 Å². The van der Waals surface area contributed by atoms with Gasteiger partial charge in [-0.15, -0.1) is 0 Å². The molecule has 59 heavy (non-hydrogen) atoms. The van der Waals surface area contributed by atoms with Gasteiger partial charge in [-0.3, -0.25) is 14.5 Å². The number of hydrogen-bond donors (Lipinski definition) is 1. The molecule has 0 fully saturated rings. The summed E-state index contributed by atoms with van der Waals surface area (Å²) in [5, 5.41) is 28.1. The van der Waals surface area contributed by atoms with E-state index >= 15 is 4.79 Å². The number of nitriles is 1.